The fourth-order valence-electron chi connectivity index (χ4n) is 2.29. The summed E-state index contributed by atoms with van der Waals surface area (Å²) in [4.78, 5) is 0. The summed E-state index contributed by atoms with van der Waals surface area (Å²) in [7, 11) is 0. The topological polar surface area (TPSA) is 27.7 Å². The third kappa shape index (κ3) is 3.54. The van der Waals surface area contributed by atoms with E-state index in [2.05, 4.69) is 0 Å². The summed E-state index contributed by atoms with van der Waals surface area (Å²) < 4.78 is 16.8. The first-order chi connectivity index (χ1) is 9.26. The standard InChI is InChI=1S/C15H21ClO3/c1-3-17-12-8-7-11(10-14(12)18-4-2)15(16)13-6-5-9-19-13/h7-8,10,13,15H,3-6,9H2,1-2H3. The van der Waals surface area contributed by atoms with Crippen LogP contribution < -0.4 is 9.47 Å². The zero-order chi connectivity index (χ0) is 13.7. The number of benzene rings is 1. The van der Waals surface area contributed by atoms with E-state index in [0.717, 1.165) is 36.5 Å². The Kier molecular flexibility index (Phi) is 5.34. The maximum Gasteiger partial charge on any atom is 0.161 e. The zero-order valence-corrected chi connectivity index (χ0v) is 12.3. The van der Waals surface area contributed by atoms with Crippen LogP contribution in [0, 0.1) is 0 Å². The van der Waals surface area contributed by atoms with Gasteiger partial charge in [0, 0.05) is 6.61 Å². The number of ether oxygens (including phenoxy) is 3. The Morgan fingerprint density at radius 3 is 2.63 bits per heavy atom. The molecule has 1 aliphatic heterocycles. The van der Waals surface area contributed by atoms with Crippen molar-refractivity contribution >= 4 is 11.6 Å². The van der Waals surface area contributed by atoms with E-state index in [1.54, 1.807) is 0 Å². The molecule has 0 amide bonds. The lowest BCUT2D eigenvalue weighted by atomic mass is 10.0. The van der Waals surface area contributed by atoms with Gasteiger partial charge in [0.05, 0.1) is 24.7 Å². The van der Waals surface area contributed by atoms with Crippen LogP contribution in [0.4, 0.5) is 0 Å². The van der Waals surface area contributed by atoms with Crippen LogP contribution in [-0.4, -0.2) is 25.9 Å². The largest absolute Gasteiger partial charge is 0.490 e. The molecule has 0 aliphatic carbocycles. The van der Waals surface area contributed by atoms with E-state index >= 15 is 0 Å². The molecule has 2 atom stereocenters. The summed E-state index contributed by atoms with van der Waals surface area (Å²) >= 11 is 6.49. The van der Waals surface area contributed by atoms with Crippen molar-refractivity contribution in [3.63, 3.8) is 0 Å². The fourth-order valence-corrected chi connectivity index (χ4v) is 2.62. The van der Waals surface area contributed by atoms with Crippen LogP contribution in [0.15, 0.2) is 18.2 Å². The third-order valence-corrected chi connectivity index (χ3v) is 3.71. The molecule has 0 bridgehead atoms. The van der Waals surface area contributed by atoms with Gasteiger partial charge in [-0.2, -0.15) is 0 Å². The van der Waals surface area contributed by atoms with Crippen LogP contribution in [-0.2, 0) is 4.74 Å². The Morgan fingerprint density at radius 1 is 1.26 bits per heavy atom. The number of hydrogen-bond acceptors (Lipinski definition) is 3. The van der Waals surface area contributed by atoms with Gasteiger partial charge in [-0.1, -0.05) is 6.07 Å². The van der Waals surface area contributed by atoms with Gasteiger partial charge in [-0.3, -0.25) is 0 Å². The van der Waals surface area contributed by atoms with Crippen molar-refractivity contribution in [2.24, 2.45) is 0 Å². The van der Waals surface area contributed by atoms with Gasteiger partial charge in [0.2, 0.25) is 0 Å². The highest BCUT2D eigenvalue weighted by Gasteiger charge is 2.26. The second-order valence-corrected chi connectivity index (χ2v) is 5.00. The molecule has 3 nitrogen and oxygen atoms in total. The average molecular weight is 285 g/mol. The van der Waals surface area contributed by atoms with E-state index in [0.29, 0.717) is 13.2 Å². The summed E-state index contributed by atoms with van der Waals surface area (Å²) in [5.74, 6) is 1.52. The van der Waals surface area contributed by atoms with Crippen molar-refractivity contribution in [1.29, 1.82) is 0 Å². The highest BCUT2D eigenvalue weighted by molar-refractivity contribution is 6.21. The minimum absolute atomic E-state index is 0.106. The SMILES string of the molecule is CCOc1ccc(C(Cl)C2CCCO2)cc1OCC. The number of rotatable bonds is 6. The summed E-state index contributed by atoms with van der Waals surface area (Å²) in [6, 6.07) is 5.88. The molecule has 0 aromatic heterocycles. The Morgan fingerprint density at radius 2 is 2.00 bits per heavy atom. The summed E-state index contributed by atoms with van der Waals surface area (Å²) in [5.41, 5.74) is 1.03. The quantitative estimate of drug-likeness (QED) is 0.741. The molecule has 1 aliphatic rings. The number of alkyl halides is 1. The van der Waals surface area contributed by atoms with E-state index < -0.39 is 0 Å². The van der Waals surface area contributed by atoms with Crippen LogP contribution >= 0.6 is 11.6 Å². The predicted molar refractivity (Wildman–Crippen MR) is 76.3 cm³/mol. The Bertz CT molecular complexity index is 402. The molecule has 2 rings (SSSR count). The van der Waals surface area contributed by atoms with Crippen LogP contribution in [0.25, 0.3) is 0 Å². The molecule has 1 aromatic carbocycles. The van der Waals surface area contributed by atoms with Gasteiger partial charge in [-0.05, 0) is 44.4 Å². The number of hydrogen-bond donors (Lipinski definition) is 0. The van der Waals surface area contributed by atoms with Crippen molar-refractivity contribution in [2.75, 3.05) is 19.8 Å². The minimum atomic E-state index is -0.127. The third-order valence-electron chi connectivity index (χ3n) is 3.18. The molecule has 0 saturated carbocycles. The summed E-state index contributed by atoms with van der Waals surface area (Å²) in [6.07, 6.45) is 2.21. The molecular formula is C15H21ClO3. The van der Waals surface area contributed by atoms with Gasteiger partial charge in [0.15, 0.2) is 11.5 Å². The highest BCUT2D eigenvalue weighted by atomic mass is 35.5. The normalized spacial score (nSPS) is 20.3. The van der Waals surface area contributed by atoms with E-state index in [-0.39, 0.29) is 11.5 Å². The van der Waals surface area contributed by atoms with E-state index in [4.69, 9.17) is 25.8 Å². The molecule has 4 heteroatoms. The molecule has 19 heavy (non-hydrogen) atoms. The van der Waals surface area contributed by atoms with Crippen molar-refractivity contribution in [3.05, 3.63) is 23.8 Å². The van der Waals surface area contributed by atoms with Crippen LogP contribution in [0.3, 0.4) is 0 Å². The van der Waals surface area contributed by atoms with E-state index in [9.17, 15) is 0 Å². The molecule has 0 N–H and O–H groups in total. The van der Waals surface area contributed by atoms with Crippen LogP contribution in [0.5, 0.6) is 11.5 Å². The molecular weight excluding hydrogens is 264 g/mol. The van der Waals surface area contributed by atoms with Crippen molar-refractivity contribution < 1.29 is 14.2 Å². The molecule has 1 heterocycles. The summed E-state index contributed by atoms with van der Waals surface area (Å²) in [6.45, 7) is 5.95. The first-order valence-electron chi connectivity index (χ1n) is 6.91. The van der Waals surface area contributed by atoms with Gasteiger partial charge in [-0.15, -0.1) is 11.6 Å². The van der Waals surface area contributed by atoms with Gasteiger partial charge in [-0.25, -0.2) is 0 Å². The molecule has 1 aromatic rings. The molecule has 2 unspecified atom stereocenters. The molecule has 1 fully saturated rings. The zero-order valence-electron chi connectivity index (χ0n) is 11.5. The smallest absolute Gasteiger partial charge is 0.161 e. The predicted octanol–water partition coefficient (Wildman–Crippen LogP) is 3.94. The first kappa shape index (κ1) is 14.5. The second kappa shape index (κ2) is 7.01. The Hall–Kier alpha value is -0.930. The Labute approximate surface area is 119 Å². The van der Waals surface area contributed by atoms with Crippen LogP contribution in [0.2, 0.25) is 0 Å². The Balaban J connectivity index is 2.18. The average Bonchev–Trinajstić information content (AvgIpc) is 2.94. The first-order valence-corrected chi connectivity index (χ1v) is 7.35. The molecule has 0 spiro atoms. The molecule has 0 radical (unpaired) electrons. The van der Waals surface area contributed by atoms with Gasteiger partial charge in [0.25, 0.3) is 0 Å². The lowest BCUT2D eigenvalue weighted by molar-refractivity contribution is 0.107. The fraction of sp³-hybridized carbons (Fsp3) is 0.600. The monoisotopic (exact) mass is 284 g/mol. The highest BCUT2D eigenvalue weighted by Crippen LogP contribution is 2.37. The van der Waals surface area contributed by atoms with Crippen LogP contribution in [0.1, 0.15) is 37.6 Å². The van der Waals surface area contributed by atoms with Gasteiger partial charge in [0.1, 0.15) is 0 Å². The van der Waals surface area contributed by atoms with Gasteiger partial charge < -0.3 is 14.2 Å². The number of halogens is 1. The van der Waals surface area contributed by atoms with E-state index in [1.165, 1.54) is 0 Å². The van der Waals surface area contributed by atoms with Crippen molar-refractivity contribution in [2.45, 2.75) is 38.2 Å². The molecule has 106 valence electrons. The maximum absolute atomic E-state index is 6.49. The lowest BCUT2D eigenvalue weighted by Gasteiger charge is -2.19. The van der Waals surface area contributed by atoms with E-state index in [1.807, 2.05) is 32.0 Å². The maximum atomic E-state index is 6.49. The lowest BCUT2D eigenvalue weighted by Crippen LogP contribution is -2.13. The van der Waals surface area contributed by atoms with Crippen molar-refractivity contribution in [3.8, 4) is 11.5 Å². The molecule has 1 saturated heterocycles. The summed E-state index contributed by atoms with van der Waals surface area (Å²) in [5, 5.41) is -0.127. The minimum Gasteiger partial charge on any atom is -0.490 e. The van der Waals surface area contributed by atoms with Crippen molar-refractivity contribution in [1.82, 2.24) is 0 Å². The van der Waals surface area contributed by atoms with Gasteiger partial charge >= 0.3 is 0 Å². The second-order valence-electron chi connectivity index (χ2n) is 4.53.